The number of benzene rings is 4. The van der Waals surface area contributed by atoms with Gasteiger partial charge in [0.2, 0.25) is 5.90 Å². The van der Waals surface area contributed by atoms with E-state index in [9.17, 15) is 31.1 Å². The highest BCUT2D eigenvalue weighted by atomic mass is 79.9. The number of aliphatic imine (C=N–C) groups is 1. The molecular formula is C35H30BrF6N3O4. The second-order valence-electron chi connectivity index (χ2n) is 11.2. The molecule has 0 saturated heterocycles. The Labute approximate surface area is 286 Å². The van der Waals surface area contributed by atoms with Crippen molar-refractivity contribution in [1.29, 1.82) is 0 Å². The number of hydrazine groups is 1. The highest BCUT2D eigenvalue weighted by molar-refractivity contribution is 9.10. The Hall–Kier alpha value is -4.40. The van der Waals surface area contributed by atoms with Gasteiger partial charge in [0.15, 0.2) is 11.6 Å². The average Bonchev–Trinajstić information content (AvgIpc) is 3.46. The van der Waals surface area contributed by atoms with Crippen LogP contribution in [0.15, 0.2) is 107 Å². The molecule has 1 aliphatic heterocycles. The molecule has 3 N–H and O–H groups in total. The number of hydrogen-bond donors (Lipinski definition) is 3. The molecule has 0 fully saturated rings. The molecule has 0 aliphatic carbocycles. The number of aliphatic hydroxyl groups is 1. The van der Waals surface area contributed by atoms with E-state index in [1.54, 1.807) is 78.9 Å². The van der Waals surface area contributed by atoms with E-state index in [0.717, 1.165) is 0 Å². The van der Waals surface area contributed by atoms with Gasteiger partial charge in [-0.15, -0.1) is 0 Å². The molecule has 1 amide bonds. The lowest BCUT2D eigenvalue weighted by molar-refractivity contribution is -0.143. The van der Waals surface area contributed by atoms with Crippen LogP contribution in [0.1, 0.15) is 45.9 Å². The molecule has 2 atom stereocenters. The highest BCUT2D eigenvalue weighted by Gasteiger charge is 2.53. The van der Waals surface area contributed by atoms with Crippen molar-refractivity contribution in [3.05, 3.63) is 135 Å². The van der Waals surface area contributed by atoms with Crippen molar-refractivity contribution in [2.24, 2.45) is 4.99 Å². The Bertz CT molecular complexity index is 1750. The summed E-state index contributed by atoms with van der Waals surface area (Å²) in [5.41, 5.74) is 1.82. The zero-order valence-electron chi connectivity index (χ0n) is 25.6. The van der Waals surface area contributed by atoms with Gasteiger partial charge in [-0.05, 0) is 65.2 Å². The summed E-state index contributed by atoms with van der Waals surface area (Å²) >= 11 is 3.53. The van der Waals surface area contributed by atoms with Crippen LogP contribution in [-0.4, -0.2) is 35.7 Å². The van der Waals surface area contributed by atoms with Crippen molar-refractivity contribution < 1.29 is 45.7 Å². The van der Waals surface area contributed by atoms with E-state index in [2.05, 4.69) is 26.8 Å². The number of nitrogens with zero attached hydrogens (tertiary/aromatic N) is 1. The molecule has 5 rings (SSSR count). The minimum atomic E-state index is -5.02. The molecular weight excluding hydrogens is 720 g/mol. The number of halogens is 7. The lowest BCUT2D eigenvalue weighted by Gasteiger charge is -2.31. The number of hydrogen-bond acceptors (Lipinski definition) is 6. The number of nitrogens with one attached hydrogen (secondary N) is 2. The van der Waals surface area contributed by atoms with Gasteiger partial charge in [0.05, 0.1) is 17.7 Å². The largest absolute Gasteiger partial charge is 0.494 e. The van der Waals surface area contributed by atoms with Crippen molar-refractivity contribution in [3.8, 4) is 5.75 Å². The Kier molecular flexibility index (Phi) is 11.0. The first-order valence-electron chi connectivity index (χ1n) is 15.0. The third kappa shape index (κ3) is 8.61. The van der Waals surface area contributed by atoms with E-state index in [4.69, 9.17) is 19.6 Å². The van der Waals surface area contributed by atoms with Gasteiger partial charge in [-0.25, -0.2) is 10.4 Å². The monoisotopic (exact) mass is 749 g/mol. The molecule has 258 valence electrons. The molecule has 0 aromatic heterocycles. The second kappa shape index (κ2) is 15.0. The molecule has 0 bridgehead atoms. The third-order valence-electron chi connectivity index (χ3n) is 7.69. The van der Waals surface area contributed by atoms with E-state index < -0.39 is 47.6 Å². The quantitative estimate of drug-likeness (QED) is 0.0790. The molecule has 0 unspecified atom stereocenters. The number of ether oxygens (including phenoxy) is 2. The summed E-state index contributed by atoms with van der Waals surface area (Å²) in [6.07, 6.45) is -10.6. The summed E-state index contributed by atoms with van der Waals surface area (Å²) in [5, 5.41) is 9.03. The lowest BCUT2D eigenvalue weighted by Crippen LogP contribution is -2.53. The molecule has 14 heteroatoms. The van der Waals surface area contributed by atoms with E-state index in [0.29, 0.717) is 52.1 Å². The Balaban J connectivity index is 1.50. The van der Waals surface area contributed by atoms with Gasteiger partial charge in [-0.2, -0.15) is 26.3 Å². The molecule has 4 aromatic rings. The molecule has 0 spiro atoms. The highest BCUT2D eigenvalue weighted by Crippen LogP contribution is 2.43. The van der Waals surface area contributed by atoms with Gasteiger partial charge in [0.25, 0.3) is 5.91 Å². The number of carbonyl (C=O) groups is 1. The first kappa shape index (κ1) is 35.9. The van der Waals surface area contributed by atoms with Gasteiger partial charge >= 0.3 is 12.4 Å². The van der Waals surface area contributed by atoms with Crippen LogP contribution in [0.5, 0.6) is 5.75 Å². The molecule has 7 nitrogen and oxygen atoms in total. The SMILES string of the molecule is O=C(NNCc1cc(C(F)(F)F)cc(C(F)(F)F)c1)[C@@]1(Cc2ccccc2Br)N=C(c2ccc(OCCCO)cc2)O[C@H]1c1ccccc1. The van der Waals surface area contributed by atoms with Gasteiger partial charge in [0, 0.05) is 36.0 Å². The molecule has 1 aliphatic rings. The Morgan fingerprint density at radius 3 is 2.14 bits per heavy atom. The van der Waals surface area contributed by atoms with Gasteiger partial charge < -0.3 is 14.6 Å². The van der Waals surface area contributed by atoms with Crippen molar-refractivity contribution >= 4 is 27.7 Å². The third-order valence-corrected chi connectivity index (χ3v) is 8.47. The summed E-state index contributed by atoms with van der Waals surface area (Å²) in [7, 11) is 0. The normalized spacial score (nSPS) is 17.7. The van der Waals surface area contributed by atoms with Crippen LogP contribution in [0.25, 0.3) is 0 Å². The predicted molar refractivity (Wildman–Crippen MR) is 172 cm³/mol. The van der Waals surface area contributed by atoms with E-state index in [1.807, 2.05) is 0 Å². The van der Waals surface area contributed by atoms with E-state index in [1.165, 1.54) is 0 Å². The summed E-state index contributed by atoms with van der Waals surface area (Å²) in [6, 6.07) is 24.0. The second-order valence-corrected chi connectivity index (χ2v) is 12.0. The first-order valence-corrected chi connectivity index (χ1v) is 15.8. The zero-order chi connectivity index (χ0) is 35.2. The van der Waals surface area contributed by atoms with Crippen LogP contribution >= 0.6 is 15.9 Å². The molecule has 4 aromatic carbocycles. The van der Waals surface area contributed by atoms with Crippen molar-refractivity contribution in [1.82, 2.24) is 10.9 Å². The van der Waals surface area contributed by atoms with Crippen LogP contribution in [0.3, 0.4) is 0 Å². The van der Waals surface area contributed by atoms with Gasteiger partial charge in [-0.1, -0.05) is 64.5 Å². The standard InChI is InChI=1S/C35H30BrF6N3O4/c36-29-10-5-4-9-25(29)20-33(32(47)45-43-21-22-17-26(34(37,38)39)19-27(18-22)35(40,41)42)30(23-7-2-1-3-8-23)49-31(44-33)24-11-13-28(14-12-24)48-16-6-15-46/h1-5,7-14,17-19,30,43,46H,6,15-16,20-21H2,(H,45,47)/t30-,33-/m0/s1. The van der Waals surface area contributed by atoms with Crippen molar-refractivity contribution in [3.63, 3.8) is 0 Å². The first-order chi connectivity index (χ1) is 23.3. The number of rotatable bonds is 12. The molecule has 1 heterocycles. The van der Waals surface area contributed by atoms with Crippen LogP contribution in [0, 0.1) is 0 Å². The Morgan fingerprint density at radius 2 is 1.53 bits per heavy atom. The summed E-state index contributed by atoms with van der Waals surface area (Å²) in [4.78, 5) is 19.2. The predicted octanol–water partition coefficient (Wildman–Crippen LogP) is 7.57. The van der Waals surface area contributed by atoms with Crippen molar-refractivity contribution in [2.45, 2.75) is 43.4 Å². The molecule has 0 saturated carbocycles. The van der Waals surface area contributed by atoms with Crippen LogP contribution in [0.4, 0.5) is 26.3 Å². The average molecular weight is 751 g/mol. The van der Waals surface area contributed by atoms with Gasteiger partial charge in [0.1, 0.15) is 5.75 Å². The summed E-state index contributed by atoms with van der Waals surface area (Å²) < 4.78 is 93.4. The fourth-order valence-electron chi connectivity index (χ4n) is 5.30. The minimum absolute atomic E-state index is 0.00483. The van der Waals surface area contributed by atoms with Crippen molar-refractivity contribution in [2.75, 3.05) is 13.2 Å². The van der Waals surface area contributed by atoms with Gasteiger partial charge in [-0.3, -0.25) is 10.2 Å². The zero-order valence-corrected chi connectivity index (χ0v) is 27.2. The van der Waals surface area contributed by atoms with E-state index in [-0.39, 0.29) is 30.6 Å². The van der Waals surface area contributed by atoms with Crippen LogP contribution in [-0.2, 0) is 34.8 Å². The summed E-state index contributed by atoms with van der Waals surface area (Å²) in [5.74, 6) is -0.0650. The maximum absolute atomic E-state index is 14.3. The Morgan fingerprint density at radius 1 is 0.898 bits per heavy atom. The minimum Gasteiger partial charge on any atom is -0.494 e. The fraction of sp³-hybridized carbons (Fsp3) is 0.257. The number of carbonyl (C=O) groups excluding carboxylic acids is 1. The topological polar surface area (TPSA) is 92.2 Å². The number of aliphatic hydroxyl groups excluding tert-OH is 1. The van der Waals surface area contributed by atoms with E-state index >= 15 is 0 Å². The smallest absolute Gasteiger partial charge is 0.416 e. The maximum Gasteiger partial charge on any atom is 0.416 e. The molecule has 49 heavy (non-hydrogen) atoms. The van der Waals surface area contributed by atoms with Crippen LogP contribution in [0.2, 0.25) is 0 Å². The fourth-order valence-corrected chi connectivity index (χ4v) is 5.72. The lowest BCUT2D eigenvalue weighted by atomic mass is 9.82. The molecule has 0 radical (unpaired) electrons. The number of amides is 1. The number of alkyl halides is 6. The maximum atomic E-state index is 14.3. The summed E-state index contributed by atoms with van der Waals surface area (Å²) in [6.45, 7) is -0.271. The van der Waals surface area contributed by atoms with Crippen LogP contribution < -0.4 is 15.6 Å².